The Morgan fingerprint density at radius 3 is 2.29 bits per heavy atom. The number of hydrogen-bond acceptors (Lipinski definition) is 4. The molecule has 0 aromatic carbocycles. The average Bonchev–Trinajstić information content (AvgIpc) is 2.17. The van der Waals surface area contributed by atoms with Gasteiger partial charge in [0.25, 0.3) is 10.1 Å². The topological polar surface area (TPSA) is 131 Å². The van der Waals surface area contributed by atoms with Crippen LogP contribution in [0.5, 0.6) is 0 Å². The van der Waals surface area contributed by atoms with Gasteiger partial charge in [0.05, 0.1) is 17.6 Å². The number of pyridine rings is 1. The van der Waals surface area contributed by atoms with E-state index in [1.165, 1.54) is 23.9 Å². The number of primary amides is 1. The fraction of sp³-hybridized carbons (Fsp3) is 0.333. The Labute approximate surface area is 98.9 Å². The molecule has 17 heavy (non-hydrogen) atoms. The minimum absolute atomic E-state index is 0. The maximum absolute atomic E-state index is 10.8. The molecule has 1 aromatic heterocycles. The van der Waals surface area contributed by atoms with Gasteiger partial charge in [-0.2, -0.15) is 17.8 Å². The van der Waals surface area contributed by atoms with Crippen LogP contribution in [0.25, 0.3) is 0 Å². The smallest absolute Gasteiger partial charge is 0.493 e. The molecule has 1 atom stereocenters. The van der Waals surface area contributed by atoms with Crippen LogP contribution in [-0.4, -0.2) is 29.7 Å². The van der Waals surface area contributed by atoms with Crippen LogP contribution >= 0.6 is 0 Å². The molecule has 0 spiro atoms. The van der Waals surface area contributed by atoms with Crippen LogP contribution in [0.4, 0.5) is 4.79 Å². The van der Waals surface area contributed by atoms with Gasteiger partial charge >= 0.3 is 6.03 Å². The zero-order valence-corrected chi connectivity index (χ0v) is 9.96. The van der Waals surface area contributed by atoms with Gasteiger partial charge in [-0.1, -0.05) is 0 Å². The fourth-order valence-corrected chi connectivity index (χ4v) is 1.58. The molecule has 0 saturated heterocycles. The van der Waals surface area contributed by atoms with Gasteiger partial charge < -0.3 is 5.48 Å². The van der Waals surface area contributed by atoms with Crippen LogP contribution in [0.1, 0.15) is 12.5 Å². The highest BCUT2D eigenvalue weighted by atomic mass is 32.2. The molecule has 1 heterocycles. The highest BCUT2D eigenvalue weighted by Gasteiger charge is 2.17. The third kappa shape index (κ3) is 4.47. The molecule has 0 bridgehead atoms. The van der Waals surface area contributed by atoms with Crippen molar-refractivity contribution in [1.82, 2.24) is 0 Å². The van der Waals surface area contributed by atoms with E-state index in [2.05, 4.69) is 0 Å². The normalized spacial score (nSPS) is 12.6. The summed E-state index contributed by atoms with van der Waals surface area (Å²) >= 11 is 0. The zero-order valence-electron chi connectivity index (χ0n) is 9.15. The van der Waals surface area contributed by atoms with E-state index in [1.807, 2.05) is 0 Å². The lowest BCUT2D eigenvalue weighted by Gasteiger charge is -2.07. The summed E-state index contributed by atoms with van der Waals surface area (Å²) in [6.45, 7) is 1.41. The van der Waals surface area contributed by atoms with E-state index in [1.54, 1.807) is 12.1 Å². The van der Waals surface area contributed by atoms with Crippen LogP contribution in [0.2, 0.25) is 0 Å². The van der Waals surface area contributed by atoms with Gasteiger partial charge in [0.2, 0.25) is 0 Å². The second kappa shape index (κ2) is 5.71. The highest BCUT2D eigenvalue weighted by molar-refractivity contribution is 7.86. The fourth-order valence-electron chi connectivity index (χ4n) is 1.18. The number of nitrogens with zero attached hydrogens (tertiary/aromatic N) is 1. The third-order valence-electron chi connectivity index (χ3n) is 2.18. The van der Waals surface area contributed by atoms with Crippen molar-refractivity contribution in [3.05, 3.63) is 30.1 Å². The van der Waals surface area contributed by atoms with Crippen molar-refractivity contribution in [1.29, 1.82) is 0 Å². The Balaban J connectivity index is 0.00000256. The summed E-state index contributed by atoms with van der Waals surface area (Å²) in [6, 6.07) is 2.54. The molecular weight excluding hydrogens is 248 g/mol. The lowest BCUT2D eigenvalue weighted by atomic mass is 10.1. The first kappa shape index (κ1) is 15.5. The second-order valence-electron chi connectivity index (χ2n) is 3.48. The summed E-state index contributed by atoms with van der Waals surface area (Å²) in [5.74, 6) is 0. The number of aromatic nitrogens is 1. The van der Waals surface area contributed by atoms with Gasteiger partial charge in [-0.05, 0) is 31.0 Å². The van der Waals surface area contributed by atoms with E-state index in [0.29, 0.717) is 5.56 Å². The molecule has 0 aliphatic carbocycles. The first-order valence-corrected chi connectivity index (χ1v) is 6.07. The van der Waals surface area contributed by atoms with E-state index in [4.69, 9.17) is 10.3 Å². The van der Waals surface area contributed by atoms with Gasteiger partial charge in [0.15, 0.2) is 0 Å². The molecule has 0 fully saturated rings. The van der Waals surface area contributed by atoms with Crippen molar-refractivity contribution in [2.75, 3.05) is 0 Å². The predicted molar refractivity (Wildman–Crippen MR) is 58.3 cm³/mol. The summed E-state index contributed by atoms with van der Waals surface area (Å²) in [5, 5.41) is -0.878. The van der Waals surface area contributed by atoms with E-state index in [9.17, 15) is 13.2 Å². The monoisotopic (exact) mass is 262 g/mol. The molecule has 0 saturated carbocycles. The van der Waals surface area contributed by atoms with Crippen molar-refractivity contribution in [3.63, 3.8) is 0 Å². The Morgan fingerprint density at radius 1 is 1.47 bits per heavy atom. The molecule has 1 rings (SSSR count). The third-order valence-corrected chi connectivity index (χ3v) is 3.37. The van der Waals surface area contributed by atoms with Crippen LogP contribution in [-0.2, 0) is 16.5 Å². The molecular formula is C9H14N2O5S. The molecule has 8 heteroatoms. The largest absolute Gasteiger partial charge is 0.870 e. The van der Waals surface area contributed by atoms with Crippen LogP contribution in [0.3, 0.4) is 0 Å². The number of carbonyl (C=O) groups excluding carboxylic acids is 1. The van der Waals surface area contributed by atoms with E-state index >= 15 is 0 Å². The Kier molecular flexibility index (Phi) is 5.20. The minimum Gasteiger partial charge on any atom is -0.870 e. The lowest BCUT2D eigenvalue weighted by molar-refractivity contribution is -0.569. The molecule has 96 valence electrons. The average molecular weight is 262 g/mol. The summed E-state index contributed by atoms with van der Waals surface area (Å²) < 4.78 is 31.5. The summed E-state index contributed by atoms with van der Waals surface area (Å²) in [7, 11) is -4.03. The molecule has 1 aromatic rings. The Hall–Kier alpha value is -1.51. The van der Waals surface area contributed by atoms with Gasteiger partial charge in [-0.25, -0.2) is 0 Å². The zero-order chi connectivity index (χ0) is 12.3. The number of nitrogens with two attached hydrogens (primary N) is 1. The van der Waals surface area contributed by atoms with E-state index < -0.39 is 21.4 Å². The Bertz CT molecular complexity index is 483. The van der Waals surface area contributed by atoms with Crippen molar-refractivity contribution < 1.29 is 27.8 Å². The number of hydrogen-bond donors (Lipinski definition) is 2. The van der Waals surface area contributed by atoms with E-state index in [0.717, 1.165) is 0 Å². The standard InChI is InChI=1S/C9H12N2O4S.H2O/c1-7(16(13,14)15)6-8-2-4-11(5-3-8)9(10)12;/h2-5,7H,6H2,1H3,(H2-,10,12,13,14,15);1H2. The summed E-state index contributed by atoms with van der Waals surface area (Å²) in [6.07, 6.45) is 3.06. The molecule has 0 radical (unpaired) electrons. The SMILES string of the molecule is CC(Cc1cc[n+](C(N)=O)cc1)S(=O)(=O)O.[OH-]. The molecule has 7 nitrogen and oxygen atoms in total. The first-order chi connectivity index (χ1) is 7.30. The molecule has 1 unspecified atom stereocenters. The van der Waals surface area contributed by atoms with Crippen LogP contribution in [0.15, 0.2) is 24.5 Å². The predicted octanol–water partition coefficient (Wildman–Crippen LogP) is -0.457. The van der Waals surface area contributed by atoms with Crippen molar-refractivity contribution in [3.8, 4) is 0 Å². The Morgan fingerprint density at radius 2 is 1.94 bits per heavy atom. The van der Waals surface area contributed by atoms with Gasteiger partial charge in [0.1, 0.15) is 0 Å². The van der Waals surface area contributed by atoms with Gasteiger partial charge in [-0.15, -0.1) is 0 Å². The second-order valence-corrected chi connectivity index (χ2v) is 5.32. The molecule has 1 amide bonds. The summed E-state index contributed by atoms with van der Waals surface area (Å²) in [5.41, 5.74) is 5.72. The van der Waals surface area contributed by atoms with Crippen LogP contribution in [0, 0.1) is 0 Å². The summed E-state index contributed by atoms with van der Waals surface area (Å²) in [4.78, 5) is 10.7. The van der Waals surface area contributed by atoms with Crippen LogP contribution < -0.4 is 10.3 Å². The minimum atomic E-state index is -4.03. The maximum atomic E-state index is 10.8. The molecule has 0 aliphatic heterocycles. The lowest BCUT2D eigenvalue weighted by Crippen LogP contribution is -2.46. The number of carbonyl (C=O) groups is 1. The van der Waals surface area contributed by atoms with E-state index in [-0.39, 0.29) is 11.9 Å². The van der Waals surface area contributed by atoms with Crippen molar-refractivity contribution in [2.45, 2.75) is 18.6 Å². The van der Waals surface area contributed by atoms with Crippen molar-refractivity contribution in [2.24, 2.45) is 5.73 Å². The molecule has 4 N–H and O–H groups in total. The highest BCUT2D eigenvalue weighted by Crippen LogP contribution is 2.07. The molecule has 0 aliphatic rings. The van der Waals surface area contributed by atoms with Gasteiger partial charge in [0, 0.05) is 0 Å². The van der Waals surface area contributed by atoms with Crippen molar-refractivity contribution >= 4 is 16.1 Å². The first-order valence-electron chi connectivity index (χ1n) is 4.57. The maximum Gasteiger partial charge on any atom is 0.493 e. The number of rotatable bonds is 3. The number of amides is 1. The quantitative estimate of drug-likeness (QED) is 0.562. The van der Waals surface area contributed by atoms with Gasteiger partial charge in [-0.3, -0.25) is 10.3 Å².